The minimum atomic E-state index is -0.671. The standard InChI is InChI=1S/C35H37N5O3/c1-25(2)40(35(43)36-21-27-14-7-4-8-15-27)38-24-33(41)39-31(20-26-12-5-3-6-13-26)34(42)37(23-32(38)39)22-29-18-11-17-28-16-9-10-19-30(28)29/h3-19,25,31-32H,20-24H2,1-2H3,(H,36,43)/t31-,32+/m0/s1. The Morgan fingerprint density at radius 1 is 0.860 bits per heavy atom. The quantitative estimate of drug-likeness (QED) is 0.328. The Kier molecular flexibility index (Phi) is 8.11. The number of hydrazine groups is 1. The molecule has 0 bridgehead atoms. The summed E-state index contributed by atoms with van der Waals surface area (Å²) in [5.74, 6) is -0.224. The predicted octanol–water partition coefficient (Wildman–Crippen LogP) is 4.80. The van der Waals surface area contributed by atoms with Crippen LogP contribution in [0.2, 0.25) is 0 Å². The molecule has 0 unspecified atom stereocenters. The molecule has 220 valence electrons. The number of carbonyl (C=O) groups excluding carboxylic acids is 3. The fourth-order valence-electron chi connectivity index (χ4n) is 6.34. The smallest absolute Gasteiger partial charge is 0.332 e. The molecule has 2 saturated heterocycles. The molecule has 2 aliphatic heterocycles. The van der Waals surface area contributed by atoms with E-state index in [9.17, 15) is 14.4 Å². The second-order valence-electron chi connectivity index (χ2n) is 11.5. The van der Waals surface area contributed by atoms with E-state index < -0.39 is 12.2 Å². The fourth-order valence-corrected chi connectivity index (χ4v) is 6.34. The number of fused-ring (bicyclic) bond motifs is 2. The second-order valence-corrected chi connectivity index (χ2v) is 11.5. The summed E-state index contributed by atoms with van der Waals surface area (Å²) in [4.78, 5) is 45.1. The summed E-state index contributed by atoms with van der Waals surface area (Å²) in [7, 11) is 0. The van der Waals surface area contributed by atoms with E-state index in [-0.39, 0.29) is 30.4 Å². The van der Waals surface area contributed by atoms with Crippen LogP contribution in [0.25, 0.3) is 10.8 Å². The van der Waals surface area contributed by atoms with Gasteiger partial charge in [0.15, 0.2) is 0 Å². The van der Waals surface area contributed by atoms with Gasteiger partial charge in [0.2, 0.25) is 11.8 Å². The summed E-state index contributed by atoms with van der Waals surface area (Å²) >= 11 is 0. The van der Waals surface area contributed by atoms with Gasteiger partial charge in [-0.3, -0.25) is 14.6 Å². The minimum Gasteiger partial charge on any atom is -0.333 e. The molecule has 0 aromatic heterocycles. The van der Waals surface area contributed by atoms with Gasteiger partial charge in [0.05, 0.1) is 13.1 Å². The molecule has 0 radical (unpaired) electrons. The van der Waals surface area contributed by atoms with Gasteiger partial charge in [0.25, 0.3) is 0 Å². The van der Waals surface area contributed by atoms with E-state index in [4.69, 9.17) is 0 Å². The van der Waals surface area contributed by atoms with Crippen molar-refractivity contribution in [2.75, 3.05) is 13.1 Å². The zero-order valence-electron chi connectivity index (χ0n) is 24.6. The van der Waals surface area contributed by atoms with E-state index in [0.29, 0.717) is 26.1 Å². The Balaban J connectivity index is 1.32. The van der Waals surface area contributed by atoms with Gasteiger partial charge in [-0.25, -0.2) is 4.79 Å². The maximum absolute atomic E-state index is 14.2. The van der Waals surface area contributed by atoms with Crippen LogP contribution in [0, 0.1) is 0 Å². The van der Waals surface area contributed by atoms with Gasteiger partial charge >= 0.3 is 6.03 Å². The van der Waals surface area contributed by atoms with Gasteiger partial charge in [-0.15, -0.1) is 0 Å². The van der Waals surface area contributed by atoms with Crippen molar-refractivity contribution in [3.8, 4) is 0 Å². The molecular weight excluding hydrogens is 538 g/mol. The Morgan fingerprint density at radius 2 is 1.51 bits per heavy atom. The molecule has 6 rings (SSSR count). The van der Waals surface area contributed by atoms with E-state index in [1.165, 1.54) is 0 Å². The average molecular weight is 576 g/mol. The van der Waals surface area contributed by atoms with Crippen molar-refractivity contribution >= 4 is 28.6 Å². The summed E-state index contributed by atoms with van der Waals surface area (Å²) < 4.78 is 0. The molecule has 4 aromatic carbocycles. The average Bonchev–Trinajstić information content (AvgIpc) is 3.34. The van der Waals surface area contributed by atoms with Crippen LogP contribution in [0.4, 0.5) is 4.79 Å². The van der Waals surface area contributed by atoms with Gasteiger partial charge in [-0.05, 0) is 41.3 Å². The normalized spacial score (nSPS) is 18.8. The number of urea groups is 1. The highest BCUT2D eigenvalue weighted by Gasteiger charge is 2.52. The van der Waals surface area contributed by atoms with E-state index >= 15 is 0 Å². The lowest BCUT2D eigenvalue weighted by Crippen LogP contribution is -2.66. The Hall–Kier alpha value is -4.69. The third kappa shape index (κ3) is 5.83. The lowest BCUT2D eigenvalue weighted by Gasteiger charge is -2.47. The van der Waals surface area contributed by atoms with Crippen molar-refractivity contribution in [1.82, 2.24) is 25.1 Å². The lowest BCUT2D eigenvalue weighted by atomic mass is 9.99. The summed E-state index contributed by atoms with van der Waals surface area (Å²) in [5.41, 5.74) is 3.03. The Morgan fingerprint density at radius 3 is 2.23 bits per heavy atom. The number of nitrogens with one attached hydrogen (secondary N) is 1. The van der Waals surface area contributed by atoms with Crippen molar-refractivity contribution in [3.63, 3.8) is 0 Å². The number of benzene rings is 4. The van der Waals surface area contributed by atoms with Crippen LogP contribution >= 0.6 is 0 Å². The minimum absolute atomic E-state index is 0.0300. The van der Waals surface area contributed by atoms with E-state index in [1.54, 1.807) is 9.91 Å². The molecule has 8 heteroatoms. The molecule has 2 heterocycles. The summed E-state index contributed by atoms with van der Waals surface area (Å²) in [6, 6.07) is 32.7. The van der Waals surface area contributed by atoms with Crippen LogP contribution in [-0.4, -0.2) is 69.0 Å². The first-order valence-corrected chi connectivity index (χ1v) is 14.9. The molecule has 43 heavy (non-hydrogen) atoms. The zero-order valence-corrected chi connectivity index (χ0v) is 24.6. The molecule has 8 nitrogen and oxygen atoms in total. The second kappa shape index (κ2) is 12.3. The topological polar surface area (TPSA) is 76.2 Å². The number of rotatable bonds is 8. The van der Waals surface area contributed by atoms with E-state index in [1.807, 2.05) is 103 Å². The Labute approximate surface area is 252 Å². The molecular formula is C35H37N5O3. The lowest BCUT2D eigenvalue weighted by molar-refractivity contribution is -0.158. The monoisotopic (exact) mass is 575 g/mol. The molecule has 0 saturated carbocycles. The third-order valence-electron chi connectivity index (χ3n) is 8.34. The van der Waals surface area contributed by atoms with Crippen LogP contribution in [-0.2, 0) is 29.1 Å². The SMILES string of the molecule is CC(C)N(C(=O)NCc1ccccc1)N1CC(=O)N2[C@@H](Cc3ccccc3)C(=O)N(Cc3cccc4ccccc34)C[C@@H]21. The highest BCUT2D eigenvalue weighted by molar-refractivity contribution is 5.92. The number of amides is 4. The summed E-state index contributed by atoms with van der Waals surface area (Å²) in [6.45, 7) is 5.01. The Bertz CT molecular complexity index is 1600. The molecule has 0 aliphatic carbocycles. The number of piperazine rings is 1. The fraction of sp³-hybridized carbons (Fsp3) is 0.286. The van der Waals surface area contributed by atoms with Crippen LogP contribution in [0.1, 0.15) is 30.5 Å². The van der Waals surface area contributed by atoms with E-state index in [2.05, 4.69) is 29.6 Å². The number of carbonyl (C=O) groups is 3. The third-order valence-corrected chi connectivity index (χ3v) is 8.34. The van der Waals surface area contributed by atoms with Gasteiger partial charge < -0.3 is 15.1 Å². The van der Waals surface area contributed by atoms with Crippen LogP contribution in [0.3, 0.4) is 0 Å². The van der Waals surface area contributed by atoms with Crippen LogP contribution < -0.4 is 5.32 Å². The van der Waals surface area contributed by atoms with Crippen LogP contribution in [0.5, 0.6) is 0 Å². The molecule has 2 atom stereocenters. The summed E-state index contributed by atoms with van der Waals surface area (Å²) in [5, 5.41) is 8.76. The molecule has 4 aromatic rings. The van der Waals surface area contributed by atoms with Crippen molar-refractivity contribution in [2.24, 2.45) is 0 Å². The predicted molar refractivity (Wildman–Crippen MR) is 166 cm³/mol. The number of hydrogen-bond acceptors (Lipinski definition) is 4. The molecule has 2 aliphatic rings. The summed E-state index contributed by atoms with van der Waals surface area (Å²) in [6.07, 6.45) is -0.0669. The van der Waals surface area contributed by atoms with Gasteiger partial charge in [-0.2, -0.15) is 5.01 Å². The largest absolute Gasteiger partial charge is 0.333 e. The molecule has 0 spiro atoms. The molecule has 1 N–H and O–H groups in total. The van der Waals surface area contributed by atoms with Crippen molar-refractivity contribution in [2.45, 2.75) is 51.6 Å². The van der Waals surface area contributed by atoms with Gasteiger partial charge in [0, 0.05) is 25.6 Å². The van der Waals surface area contributed by atoms with Crippen LogP contribution in [0.15, 0.2) is 103 Å². The first-order valence-electron chi connectivity index (χ1n) is 14.9. The number of hydrogen-bond donors (Lipinski definition) is 1. The van der Waals surface area contributed by atoms with Crippen molar-refractivity contribution < 1.29 is 14.4 Å². The van der Waals surface area contributed by atoms with E-state index in [0.717, 1.165) is 27.5 Å². The highest BCUT2D eigenvalue weighted by atomic mass is 16.2. The first kappa shape index (κ1) is 28.4. The highest BCUT2D eigenvalue weighted by Crippen LogP contribution is 2.31. The zero-order chi connectivity index (χ0) is 29.9. The first-order chi connectivity index (χ1) is 20.9. The maximum atomic E-state index is 14.2. The molecule has 2 fully saturated rings. The maximum Gasteiger partial charge on any atom is 0.332 e. The van der Waals surface area contributed by atoms with Gasteiger partial charge in [0.1, 0.15) is 12.2 Å². The van der Waals surface area contributed by atoms with Crippen molar-refractivity contribution in [3.05, 3.63) is 120 Å². The van der Waals surface area contributed by atoms with Gasteiger partial charge in [-0.1, -0.05) is 103 Å². The molecule has 4 amide bonds. The van der Waals surface area contributed by atoms with Crippen molar-refractivity contribution in [1.29, 1.82) is 0 Å². The number of nitrogens with zero attached hydrogens (tertiary/aromatic N) is 4.